The van der Waals surface area contributed by atoms with Crippen molar-refractivity contribution in [3.63, 3.8) is 0 Å². The molecule has 1 fully saturated rings. The number of anilines is 2. The van der Waals surface area contributed by atoms with Gasteiger partial charge in [-0.1, -0.05) is 20.3 Å². The summed E-state index contributed by atoms with van der Waals surface area (Å²) >= 11 is 0. The molecule has 9 nitrogen and oxygen atoms in total. The molecule has 9 heteroatoms. The zero-order valence-electron chi connectivity index (χ0n) is 19.9. The van der Waals surface area contributed by atoms with Crippen LogP contribution < -0.4 is 20.5 Å². The second-order valence-corrected chi connectivity index (χ2v) is 8.68. The van der Waals surface area contributed by atoms with Crippen molar-refractivity contribution in [1.29, 1.82) is 0 Å². The Bertz CT molecular complexity index is 1120. The van der Waals surface area contributed by atoms with Gasteiger partial charge < -0.3 is 15.8 Å². The van der Waals surface area contributed by atoms with E-state index >= 15 is 0 Å². The van der Waals surface area contributed by atoms with Crippen molar-refractivity contribution in [3.8, 4) is 18.2 Å². The smallest absolute Gasteiger partial charge is 0.325 e. The van der Waals surface area contributed by atoms with Crippen LogP contribution >= 0.6 is 0 Å². The van der Waals surface area contributed by atoms with Crippen LogP contribution in [0.2, 0.25) is 0 Å². The highest BCUT2D eigenvalue weighted by Crippen LogP contribution is 2.30. The molecule has 1 aromatic carbocycles. The van der Waals surface area contributed by atoms with Crippen molar-refractivity contribution in [2.24, 2.45) is 4.99 Å². The quantitative estimate of drug-likeness (QED) is 0.125. The molecule has 1 aliphatic heterocycles. The van der Waals surface area contributed by atoms with E-state index in [2.05, 4.69) is 16.4 Å². The van der Waals surface area contributed by atoms with E-state index in [0.717, 1.165) is 4.73 Å². The predicted molar refractivity (Wildman–Crippen MR) is 129 cm³/mol. The topological polar surface area (TPSA) is 121 Å². The number of pyridine rings is 1. The number of nitrogens with two attached hydrogens (primary N) is 1. The molecule has 5 N–H and O–H groups in total. The number of hydrogen-bond donors (Lipinski definition) is 4. The molecule has 1 saturated heterocycles. The van der Waals surface area contributed by atoms with Crippen LogP contribution in [0.15, 0.2) is 35.3 Å². The van der Waals surface area contributed by atoms with E-state index in [1.54, 1.807) is 36.5 Å². The van der Waals surface area contributed by atoms with Crippen molar-refractivity contribution >= 4 is 23.5 Å². The molecule has 1 aromatic heterocycles. The maximum Gasteiger partial charge on any atom is 0.325 e. The number of carbonyl (C=O) groups is 1. The van der Waals surface area contributed by atoms with E-state index in [4.69, 9.17) is 16.9 Å². The van der Waals surface area contributed by atoms with Gasteiger partial charge in [-0.05, 0) is 19.1 Å². The molecular formula is C25H33N5O4+2. The van der Waals surface area contributed by atoms with Gasteiger partial charge in [-0.15, -0.1) is 4.65 Å². The van der Waals surface area contributed by atoms with Crippen LogP contribution in [0.5, 0.6) is 5.75 Å². The number of aliphatic imine (C=N–C) groups is 1. The van der Waals surface area contributed by atoms with Crippen molar-refractivity contribution in [3.05, 3.63) is 47.3 Å². The zero-order chi connectivity index (χ0) is 24.9. The number of carbonyl (C=O) groups excluding carboxylic acids is 1. The van der Waals surface area contributed by atoms with Gasteiger partial charge in [0, 0.05) is 59.2 Å². The summed E-state index contributed by atoms with van der Waals surface area (Å²) in [5, 5.41) is 23.5. The van der Waals surface area contributed by atoms with Crippen LogP contribution in [0.3, 0.4) is 0 Å². The molecule has 180 valence electrons. The third kappa shape index (κ3) is 5.65. The van der Waals surface area contributed by atoms with Crippen molar-refractivity contribution in [2.75, 3.05) is 30.7 Å². The molecule has 0 saturated carbocycles. The number of amides is 1. The summed E-state index contributed by atoms with van der Waals surface area (Å²) in [5.41, 5.74) is 8.43. The minimum atomic E-state index is -0.489. The van der Waals surface area contributed by atoms with Gasteiger partial charge in [-0.25, -0.2) is 5.21 Å². The summed E-state index contributed by atoms with van der Waals surface area (Å²) in [4.78, 5) is 17.6. The zero-order valence-corrected chi connectivity index (χ0v) is 19.9. The number of quaternary nitrogens is 1. The number of nitrogen functional groups attached to an aromatic ring is 1. The number of ether oxygens (including phenoxy) is 1. The van der Waals surface area contributed by atoms with Crippen molar-refractivity contribution < 1.29 is 29.3 Å². The van der Waals surface area contributed by atoms with E-state index in [1.807, 2.05) is 20.8 Å². The van der Waals surface area contributed by atoms with Gasteiger partial charge in [0.1, 0.15) is 18.8 Å². The standard InChI is InChI=1S/C25H31N5O4/c1-5-30(33)12-10-19(11-13-30)27-16-18-14-21(24(34-6-2)15-20(18)26)28-25(31)23-9-7-8-22(17(3)4)29(23)32/h1,7-9,14-17,19,26,32-33H,6,10-13H2,2-4H3/p+2. The van der Waals surface area contributed by atoms with Crippen molar-refractivity contribution in [1.82, 2.24) is 0 Å². The SMILES string of the molecule is C#C[N+]1(O)CCC(N=Cc2cc(NC(=O)c3cccc(C(C)C)[n+]3O)c(OCC)cc2N)CC1. The molecule has 1 aliphatic rings. The lowest BCUT2D eigenvalue weighted by molar-refractivity contribution is -1.05. The van der Waals surface area contributed by atoms with Crippen LogP contribution in [-0.2, 0) is 0 Å². The highest BCUT2D eigenvalue weighted by Gasteiger charge is 2.31. The Morgan fingerprint density at radius 3 is 2.74 bits per heavy atom. The first-order valence-corrected chi connectivity index (χ1v) is 11.4. The van der Waals surface area contributed by atoms with Crippen LogP contribution in [0, 0.1) is 12.5 Å². The number of hydrogen-bond acceptors (Lipinski definition) is 6. The number of rotatable bonds is 7. The average Bonchev–Trinajstić information content (AvgIpc) is 2.81. The van der Waals surface area contributed by atoms with Crippen LogP contribution in [0.1, 0.15) is 61.3 Å². The lowest BCUT2D eigenvalue weighted by atomic mass is 10.1. The molecule has 0 bridgehead atoms. The second-order valence-electron chi connectivity index (χ2n) is 8.68. The fourth-order valence-corrected chi connectivity index (χ4v) is 3.86. The van der Waals surface area contributed by atoms with Crippen LogP contribution in [0.25, 0.3) is 0 Å². The molecule has 34 heavy (non-hydrogen) atoms. The number of aromatic nitrogens is 1. The maximum atomic E-state index is 13.0. The second kappa shape index (κ2) is 10.5. The number of terminal acetylenes is 1. The first-order valence-electron chi connectivity index (χ1n) is 11.4. The van der Waals surface area contributed by atoms with Crippen molar-refractivity contribution in [2.45, 2.75) is 45.6 Å². The Hall–Kier alpha value is -3.61. The lowest BCUT2D eigenvalue weighted by Gasteiger charge is -2.29. The number of nitrogens with zero attached hydrogens (tertiary/aromatic N) is 3. The molecule has 0 spiro atoms. The molecule has 0 atom stereocenters. The third-order valence-corrected chi connectivity index (χ3v) is 5.88. The van der Waals surface area contributed by atoms with Gasteiger partial charge >= 0.3 is 11.6 Å². The van der Waals surface area contributed by atoms with Gasteiger partial charge in [0.2, 0.25) is 5.69 Å². The fourth-order valence-electron chi connectivity index (χ4n) is 3.86. The monoisotopic (exact) mass is 467 g/mol. The maximum absolute atomic E-state index is 13.0. The highest BCUT2D eigenvalue weighted by atomic mass is 16.5. The summed E-state index contributed by atoms with van der Waals surface area (Å²) in [5.74, 6) is -0.0347. The minimum Gasteiger partial charge on any atom is -0.492 e. The minimum absolute atomic E-state index is 0.0166. The third-order valence-electron chi connectivity index (χ3n) is 5.88. The summed E-state index contributed by atoms with van der Waals surface area (Å²) < 4.78 is 6.20. The van der Waals surface area contributed by atoms with Gasteiger partial charge in [0.15, 0.2) is 6.04 Å². The summed E-state index contributed by atoms with van der Waals surface area (Å²) in [7, 11) is 0. The highest BCUT2D eigenvalue weighted by molar-refractivity contribution is 6.04. The van der Waals surface area contributed by atoms with Gasteiger partial charge in [-0.3, -0.25) is 15.0 Å². The Morgan fingerprint density at radius 2 is 2.12 bits per heavy atom. The molecule has 2 aromatic rings. The Balaban J connectivity index is 1.85. The van der Waals surface area contributed by atoms with Gasteiger partial charge in [0.05, 0.1) is 18.3 Å². The molecular weight excluding hydrogens is 434 g/mol. The Labute approximate surface area is 200 Å². The lowest BCUT2D eigenvalue weighted by Crippen LogP contribution is -2.47. The van der Waals surface area contributed by atoms with Gasteiger partial charge in [-0.2, -0.15) is 0 Å². The summed E-state index contributed by atoms with van der Waals surface area (Å²) in [6.07, 6.45) is 8.37. The average molecular weight is 468 g/mol. The fraction of sp³-hybridized carbons (Fsp3) is 0.400. The van der Waals surface area contributed by atoms with Crippen LogP contribution in [-0.4, -0.2) is 52.9 Å². The molecule has 1 amide bonds. The van der Waals surface area contributed by atoms with E-state index in [-0.39, 0.29) is 22.3 Å². The first-order chi connectivity index (χ1) is 16.2. The van der Waals surface area contributed by atoms with Gasteiger partial charge in [0.25, 0.3) is 0 Å². The molecule has 0 unspecified atom stereocenters. The molecule has 0 radical (unpaired) electrons. The normalized spacial score (nSPS) is 20.3. The first kappa shape index (κ1) is 25.0. The number of nitrogens with one attached hydrogen (secondary N) is 1. The Morgan fingerprint density at radius 1 is 1.41 bits per heavy atom. The van der Waals surface area contributed by atoms with E-state index < -0.39 is 5.91 Å². The number of piperidine rings is 1. The molecule has 3 rings (SSSR count). The predicted octanol–water partition coefficient (Wildman–Crippen LogP) is 2.95. The number of hydroxylamine groups is 3. The number of likely N-dealkylation sites (tertiary alicyclic amines) is 1. The van der Waals surface area contributed by atoms with E-state index in [0.29, 0.717) is 60.9 Å². The summed E-state index contributed by atoms with van der Waals surface area (Å²) in [6.45, 7) is 6.97. The van der Waals surface area contributed by atoms with E-state index in [9.17, 15) is 15.2 Å². The van der Waals surface area contributed by atoms with E-state index in [1.165, 1.54) is 0 Å². The number of benzene rings is 1. The Kier molecular flexibility index (Phi) is 7.76. The van der Waals surface area contributed by atoms with Crippen LogP contribution in [0.4, 0.5) is 11.4 Å². The largest absolute Gasteiger partial charge is 0.492 e. The molecule has 0 aliphatic carbocycles. The molecule has 2 heterocycles. The summed E-state index contributed by atoms with van der Waals surface area (Å²) in [6, 6.07) is 10.8.